The van der Waals surface area contributed by atoms with Crippen LogP contribution in [0.1, 0.15) is 62.2 Å². The van der Waals surface area contributed by atoms with Gasteiger partial charge in [-0.15, -0.1) is 0 Å². The Labute approximate surface area is 356 Å². The molecule has 6 aromatic rings. The number of hydrogen-bond donors (Lipinski definition) is 0. The molecule has 1 fully saturated rings. The average Bonchev–Trinajstić information content (AvgIpc) is 3.30. The normalized spacial score (nSPS) is 18.9. The highest BCUT2D eigenvalue weighted by molar-refractivity contribution is 6.99. The van der Waals surface area contributed by atoms with E-state index in [9.17, 15) is 19.2 Å². The van der Waals surface area contributed by atoms with Gasteiger partial charge < -0.3 is 28.1 Å². The molecular formula is C50H46O10Si. The molecule has 0 aromatic heterocycles. The molecule has 0 amide bonds. The molecule has 0 saturated carbocycles. The molecule has 0 spiro atoms. The van der Waals surface area contributed by atoms with Gasteiger partial charge in [-0.3, -0.25) is 0 Å². The van der Waals surface area contributed by atoms with E-state index < -0.39 is 67.9 Å². The highest BCUT2D eigenvalue weighted by Gasteiger charge is 2.56. The molecular weight excluding hydrogens is 789 g/mol. The molecule has 0 aliphatic carbocycles. The Morgan fingerprint density at radius 2 is 0.754 bits per heavy atom. The Morgan fingerprint density at radius 3 is 1.11 bits per heavy atom. The van der Waals surface area contributed by atoms with Crippen molar-refractivity contribution in [3.05, 3.63) is 204 Å². The Hall–Kier alpha value is -6.66. The zero-order valence-electron chi connectivity index (χ0n) is 34.0. The van der Waals surface area contributed by atoms with E-state index >= 15 is 0 Å². The van der Waals surface area contributed by atoms with Crippen LogP contribution in [-0.4, -0.2) is 69.5 Å². The molecule has 5 atom stereocenters. The molecule has 1 aliphatic heterocycles. The molecule has 0 radical (unpaired) electrons. The molecule has 2 unspecified atom stereocenters. The van der Waals surface area contributed by atoms with Gasteiger partial charge in [-0.1, -0.05) is 154 Å². The van der Waals surface area contributed by atoms with E-state index in [1.54, 1.807) is 121 Å². The van der Waals surface area contributed by atoms with E-state index in [1.165, 1.54) is 0 Å². The predicted molar refractivity (Wildman–Crippen MR) is 231 cm³/mol. The minimum Gasteiger partial charge on any atom is -0.452 e. The molecule has 11 heteroatoms. The van der Waals surface area contributed by atoms with Gasteiger partial charge in [0.05, 0.1) is 28.9 Å². The Morgan fingerprint density at radius 1 is 0.443 bits per heavy atom. The summed E-state index contributed by atoms with van der Waals surface area (Å²) in [5.74, 6) is -3.20. The lowest BCUT2D eigenvalue weighted by molar-refractivity contribution is -0.282. The van der Waals surface area contributed by atoms with Crippen LogP contribution in [0.3, 0.4) is 0 Å². The maximum atomic E-state index is 14.1. The summed E-state index contributed by atoms with van der Waals surface area (Å²) in [5.41, 5.74) is 0.736. The molecule has 0 bridgehead atoms. The lowest BCUT2D eigenvalue weighted by Gasteiger charge is -2.47. The van der Waals surface area contributed by atoms with Crippen LogP contribution in [0.2, 0.25) is 5.04 Å². The molecule has 0 N–H and O–H groups in total. The summed E-state index contributed by atoms with van der Waals surface area (Å²) in [6.45, 7) is 6.10. The third kappa shape index (κ3) is 9.71. The molecule has 1 aliphatic rings. The molecule has 10 nitrogen and oxygen atoms in total. The summed E-state index contributed by atoms with van der Waals surface area (Å²) in [7, 11) is -3.29. The van der Waals surface area contributed by atoms with Crippen molar-refractivity contribution in [2.45, 2.75) is 56.5 Å². The van der Waals surface area contributed by atoms with Gasteiger partial charge in [-0.25, -0.2) is 19.2 Å². The van der Waals surface area contributed by atoms with Crippen LogP contribution in [0.4, 0.5) is 0 Å². The van der Waals surface area contributed by atoms with Crippen molar-refractivity contribution in [2.24, 2.45) is 0 Å². The summed E-state index contributed by atoms with van der Waals surface area (Å²) in [6.07, 6.45) is -7.66. The SMILES string of the molecule is CC(C)(C)[Si](OCC1O[C@@H](OC(=O)c2ccccc2)C(OC(=O)c2ccccc2)[C@H](OC(=O)c2ccccc2)[C@@H]1OC(=O)c1ccccc1)(c1ccccc1)c1ccccc1. The third-order valence-electron chi connectivity index (χ3n) is 10.5. The fourth-order valence-electron chi connectivity index (χ4n) is 7.52. The number of hydrogen-bond acceptors (Lipinski definition) is 10. The van der Waals surface area contributed by atoms with E-state index in [1.807, 2.05) is 60.7 Å². The van der Waals surface area contributed by atoms with Gasteiger partial charge in [0.15, 0.2) is 12.2 Å². The van der Waals surface area contributed by atoms with Crippen LogP contribution in [-0.2, 0) is 28.1 Å². The molecule has 310 valence electrons. The van der Waals surface area contributed by atoms with Gasteiger partial charge >= 0.3 is 23.9 Å². The number of esters is 4. The number of carbonyl (C=O) groups excluding carboxylic acids is 4. The van der Waals surface area contributed by atoms with Gasteiger partial charge in [0, 0.05) is 0 Å². The monoisotopic (exact) mass is 834 g/mol. The van der Waals surface area contributed by atoms with Gasteiger partial charge in [-0.05, 0) is 63.9 Å². The maximum absolute atomic E-state index is 14.1. The zero-order valence-corrected chi connectivity index (χ0v) is 35.0. The molecule has 7 rings (SSSR count). The standard InChI is InChI=1S/C50H46O10Si/c1-50(2,3)61(39-30-18-8-19-31-39,40-32-20-9-21-33-40)55-34-41-42(57-45(51)35-22-10-4-11-23-35)43(58-46(52)36-24-12-5-13-25-36)44(59-47(53)37-26-14-6-15-27-37)49(56-41)60-48(54)38-28-16-7-17-29-38/h4-33,41-44,49H,34H2,1-3H3/t41?,42-,43-,44?,49+/m1/s1. The highest BCUT2D eigenvalue weighted by atomic mass is 28.4. The second kappa shape index (κ2) is 19.2. The van der Waals surface area contributed by atoms with Crippen molar-refractivity contribution in [1.82, 2.24) is 0 Å². The quantitative estimate of drug-likeness (QED) is 0.0647. The van der Waals surface area contributed by atoms with E-state index in [0.29, 0.717) is 0 Å². The molecule has 1 heterocycles. The number of ether oxygens (including phenoxy) is 5. The van der Waals surface area contributed by atoms with Gasteiger partial charge in [-0.2, -0.15) is 0 Å². The third-order valence-corrected chi connectivity index (χ3v) is 15.5. The number of rotatable bonds is 13. The minimum absolute atomic E-state index is 0.166. The van der Waals surface area contributed by atoms with Crippen LogP contribution < -0.4 is 10.4 Å². The Kier molecular flexibility index (Phi) is 13.3. The first-order valence-electron chi connectivity index (χ1n) is 20.0. The summed E-state index contributed by atoms with van der Waals surface area (Å²) in [4.78, 5) is 56.0. The first-order chi connectivity index (χ1) is 29.5. The van der Waals surface area contributed by atoms with Crippen molar-refractivity contribution >= 4 is 42.6 Å². The van der Waals surface area contributed by atoms with Crippen molar-refractivity contribution in [1.29, 1.82) is 0 Å². The van der Waals surface area contributed by atoms with E-state index in [2.05, 4.69) is 20.8 Å². The largest absolute Gasteiger partial charge is 0.452 e. The number of carbonyl (C=O) groups is 4. The zero-order chi connectivity index (χ0) is 42.8. The van der Waals surface area contributed by atoms with Gasteiger partial charge in [0.25, 0.3) is 8.32 Å². The second-order valence-electron chi connectivity index (χ2n) is 15.5. The fourth-order valence-corrected chi connectivity index (χ4v) is 12.1. The first-order valence-corrected chi connectivity index (χ1v) is 21.9. The Balaban J connectivity index is 1.37. The molecule has 61 heavy (non-hydrogen) atoms. The van der Waals surface area contributed by atoms with Crippen molar-refractivity contribution in [3.8, 4) is 0 Å². The Bertz CT molecular complexity index is 2340. The fraction of sp³-hybridized carbons (Fsp3) is 0.200. The lowest BCUT2D eigenvalue weighted by Crippen LogP contribution is -2.69. The second-order valence-corrected chi connectivity index (χ2v) is 19.8. The highest BCUT2D eigenvalue weighted by Crippen LogP contribution is 2.38. The van der Waals surface area contributed by atoms with E-state index in [4.69, 9.17) is 28.1 Å². The van der Waals surface area contributed by atoms with Crippen LogP contribution in [0.15, 0.2) is 182 Å². The smallest absolute Gasteiger partial charge is 0.340 e. The number of benzene rings is 6. The summed E-state index contributed by atoms with van der Waals surface area (Å²) in [6, 6.07) is 52.8. The van der Waals surface area contributed by atoms with Crippen molar-refractivity contribution in [2.75, 3.05) is 6.61 Å². The topological polar surface area (TPSA) is 124 Å². The summed E-state index contributed by atoms with van der Waals surface area (Å²) < 4.78 is 38.8. The van der Waals surface area contributed by atoms with Crippen LogP contribution in [0.5, 0.6) is 0 Å². The van der Waals surface area contributed by atoms with Crippen LogP contribution >= 0.6 is 0 Å². The van der Waals surface area contributed by atoms with E-state index in [0.717, 1.165) is 10.4 Å². The van der Waals surface area contributed by atoms with Crippen molar-refractivity contribution in [3.63, 3.8) is 0 Å². The van der Waals surface area contributed by atoms with Crippen LogP contribution in [0, 0.1) is 0 Å². The van der Waals surface area contributed by atoms with Crippen LogP contribution in [0.25, 0.3) is 0 Å². The summed E-state index contributed by atoms with van der Waals surface area (Å²) in [5, 5.41) is 1.46. The lowest BCUT2D eigenvalue weighted by atomic mass is 9.97. The minimum atomic E-state index is -3.29. The molecule has 6 aromatic carbocycles. The van der Waals surface area contributed by atoms with E-state index in [-0.39, 0.29) is 28.9 Å². The van der Waals surface area contributed by atoms with Gasteiger partial charge in [0.2, 0.25) is 12.4 Å². The van der Waals surface area contributed by atoms with Gasteiger partial charge in [0.1, 0.15) is 6.10 Å². The average molecular weight is 835 g/mol. The first kappa shape index (κ1) is 42.5. The summed E-state index contributed by atoms with van der Waals surface area (Å²) >= 11 is 0. The maximum Gasteiger partial charge on any atom is 0.340 e. The van der Waals surface area contributed by atoms with Crippen molar-refractivity contribution < 1.29 is 47.3 Å². The predicted octanol–water partition coefficient (Wildman–Crippen LogP) is 7.82. The molecule has 1 saturated heterocycles.